The standard InChI is InChI=1S/C18H30N2O/c1-4-19-17(15-8-6-5-7-9-15)18(2,3)14-20-12-10-16(21)11-13-20/h5-9,16-17,19,21H,4,10-14H2,1-3H3. The summed E-state index contributed by atoms with van der Waals surface area (Å²) >= 11 is 0. The van der Waals surface area contributed by atoms with Gasteiger partial charge in [-0.25, -0.2) is 0 Å². The molecule has 1 aliphatic rings. The molecular weight excluding hydrogens is 260 g/mol. The molecule has 1 saturated heterocycles. The lowest BCUT2D eigenvalue weighted by Gasteiger charge is -2.41. The van der Waals surface area contributed by atoms with Gasteiger partial charge in [0.05, 0.1) is 6.10 Å². The van der Waals surface area contributed by atoms with Crippen LogP contribution >= 0.6 is 0 Å². The molecule has 1 fully saturated rings. The van der Waals surface area contributed by atoms with Crippen LogP contribution in [-0.4, -0.2) is 42.3 Å². The minimum atomic E-state index is -0.0944. The van der Waals surface area contributed by atoms with E-state index in [4.69, 9.17) is 0 Å². The molecule has 0 aliphatic carbocycles. The molecule has 1 unspecified atom stereocenters. The normalized spacial score (nSPS) is 19.6. The molecule has 0 aromatic heterocycles. The van der Waals surface area contributed by atoms with Gasteiger partial charge in [-0.05, 0) is 30.4 Å². The minimum Gasteiger partial charge on any atom is -0.393 e. The van der Waals surface area contributed by atoms with E-state index in [1.165, 1.54) is 5.56 Å². The van der Waals surface area contributed by atoms with Crippen LogP contribution in [-0.2, 0) is 0 Å². The summed E-state index contributed by atoms with van der Waals surface area (Å²) in [6.07, 6.45) is 1.73. The minimum absolute atomic E-state index is 0.0944. The van der Waals surface area contributed by atoms with Crippen molar-refractivity contribution in [3.63, 3.8) is 0 Å². The van der Waals surface area contributed by atoms with E-state index in [0.717, 1.165) is 39.0 Å². The third-order valence-electron chi connectivity index (χ3n) is 4.51. The predicted molar refractivity (Wildman–Crippen MR) is 88.3 cm³/mol. The third kappa shape index (κ3) is 4.53. The van der Waals surface area contributed by atoms with Gasteiger partial charge in [0.1, 0.15) is 0 Å². The predicted octanol–water partition coefficient (Wildman–Crippen LogP) is 2.82. The number of piperidine rings is 1. The molecule has 1 heterocycles. The molecule has 3 heteroatoms. The van der Waals surface area contributed by atoms with Crippen molar-refractivity contribution >= 4 is 0 Å². The Morgan fingerprint density at radius 2 is 1.86 bits per heavy atom. The highest BCUT2D eigenvalue weighted by molar-refractivity contribution is 5.21. The third-order valence-corrected chi connectivity index (χ3v) is 4.51. The van der Waals surface area contributed by atoms with E-state index in [9.17, 15) is 5.11 Å². The van der Waals surface area contributed by atoms with Gasteiger partial charge in [0.2, 0.25) is 0 Å². The number of nitrogens with zero attached hydrogens (tertiary/aromatic N) is 1. The Morgan fingerprint density at radius 3 is 2.43 bits per heavy atom. The Balaban J connectivity index is 2.06. The second-order valence-corrected chi connectivity index (χ2v) is 6.90. The maximum Gasteiger partial charge on any atom is 0.0564 e. The number of aliphatic hydroxyl groups is 1. The lowest BCUT2D eigenvalue weighted by molar-refractivity contribution is 0.0540. The van der Waals surface area contributed by atoms with E-state index in [-0.39, 0.29) is 11.5 Å². The van der Waals surface area contributed by atoms with Crippen LogP contribution in [0.25, 0.3) is 0 Å². The van der Waals surface area contributed by atoms with Crippen molar-refractivity contribution in [1.82, 2.24) is 10.2 Å². The second-order valence-electron chi connectivity index (χ2n) is 6.90. The van der Waals surface area contributed by atoms with Crippen molar-refractivity contribution in [2.24, 2.45) is 5.41 Å². The first-order chi connectivity index (χ1) is 10.0. The van der Waals surface area contributed by atoms with E-state index in [0.29, 0.717) is 6.04 Å². The fourth-order valence-electron chi connectivity index (χ4n) is 3.44. The SMILES string of the molecule is CCNC(c1ccccc1)C(C)(C)CN1CCC(O)CC1. The van der Waals surface area contributed by atoms with Crippen molar-refractivity contribution in [2.45, 2.75) is 45.8 Å². The molecule has 0 radical (unpaired) electrons. The monoisotopic (exact) mass is 290 g/mol. The van der Waals surface area contributed by atoms with E-state index >= 15 is 0 Å². The number of nitrogens with one attached hydrogen (secondary N) is 1. The first kappa shape index (κ1) is 16.5. The van der Waals surface area contributed by atoms with E-state index in [2.05, 4.69) is 61.3 Å². The quantitative estimate of drug-likeness (QED) is 0.845. The summed E-state index contributed by atoms with van der Waals surface area (Å²) in [7, 11) is 0. The number of rotatable bonds is 6. The Hall–Kier alpha value is -0.900. The average molecular weight is 290 g/mol. The zero-order chi connectivity index (χ0) is 15.3. The van der Waals surface area contributed by atoms with E-state index in [1.807, 2.05) is 0 Å². The molecule has 0 bridgehead atoms. The van der Waals surface area contributed by atoms with Crippen molar-refractivity contribution in [3.05, 3.63) is 35.9 Å². The number of likely N-dealkylation sites (tertiary alicyclic amines) is 1. The second kappa shape index (κ2) is 7.39. The fourth-order valence-corrected chi connectivity index (χ4v) is 3.44. The molecule has 3 nitrogen and oxygen atoms in total. The van der Waals surface area contributed by atoms with Crippen LogP contribution in [0.5, 0.6) is 0 Å². The van der Waals surface area contributed by atoms with Crippen molar-refractivity contribution < 1.29 is 5.11 Å². The maximum atomic E-state index is 9.66. The summed E-state index contributed by atoms with van der Waals surface area (Å²) in [6, 6.07) is 11.1. The molecule has 1 aromatic carbocycles. The van der Waals surface area contributed by atoms with Gasteiger partial charge >= 0.3 is 0 Å². The Morgan fingerprint density at radius 1 is 1.24 bits per heavy atom. The van der Waals surface area contributed by atoms with Gasteiger partial charge in [-0.15, -0.1) is 0 Å². The highest BCUT2D eigenvalue weighted by Crippen LogP contribution is 2.34. The summed E-state index contributed by atoms with van der Waals surface area (Å²) in [5.41, 5.74) is 1.51. The van der Waals surface area contributed by atoms with Crippen LogP contribution in [0.1, 0.15) is 45.2 Å². The van der Waals surface area contributed by atoms with Crippen molar-refractivity contribution in [1.29, 1.82) is 0 Å². The first-order valence-corrected chi connectivity index (χ1v) is 8.21. The number of hydrogen-bond donors (Lipinski definition) is 2. The van der Waals surface area contributed by atoms with Gasteiger partial charge < -0.3 is 15.3 Å². The topological polar surface area (TPSA) is 35.5 Å². The van der Waals surface area contributed by atoms with Gasteiger partial charge in [0, 0.05) is 25.7 Å². The van der Waals surface area contributed by atoms with Crippen LogP contribution in [0.2, 0.25) is 0 Å². The van der Waals surface area contributed by atoms with Crippen LogP contribution in [0, 0.1) is 5.41 Å². The molecule has 0 amide bonds. The molecule has 0 saturated carbocycles. The lowest BCUT2D eigenvalue weighted by Crippen LogP contribution is -2.46. The molecule has 21 heavy (non-hydrogen) atoms. The van der Waals surface area contributed by atoms with Crippen LogP contribution in [0.15, 0.2) is 30.3 Å². The van der Waals surface area contributed by atoms with Crippen LogP contribution in [0.4, 0.5) is 0 Å². The van der Waals surface area contributed by atoms with Crippen molar-refractivity contribution in [2.75, 3.05) is 26.2 Å². The van der Waals surface area contributed by atoms with E-state index in [1.54, 1.807) is 0 Å². The molecule has 2 N–H and O–H groups in total. The largest absolute Gasteiger partial charge is 0.393 e. The van der Waals surface area contributed by atoms with Crippen LogP contribution in [0.3, 0.4) is 0 Å². The average Bonchev–Trinajstić information content (AvgIpc) is 2.48. The Kier molecular flexibility index (Phi) is 5.80. The highest BCUT2D eigenvalue weighted by atomic mass is 16.3. The van der Waals surface area contributed by atoms with Crippen molar-refractivity contribution in [3.8, 4) is 0 Å². The Labute approximate surface area is 129 Å². The number of benzene rings is 1. The van der Waals surface area contributed by atoms with E-state index < -0.39 is 0 Å². The zero-order valence-corrected chi connectivity index (χ0v) is 13.7. The first-order valence-electron chi connectivity index (χ1n) is 8.21. The van der Waals surface area contributed by atoms with Gasteiger partial charge in [0.15, 0.2) is 0 Å². The summed E-state index contributed by atoms with van der Waals surface area (Å²) in [5.74, 6) is 0. The summed E-state index contributed by atoms with van der Waals surface area (Å²) in [6.45, 7) is 10.9. The highest BCUT2D eigenvalue weighted by Gasteiger charge is 2.33. The molecule has 2 rings (SSSR count). The maximum absolute atomic E-state index is 9.66. The van der Waals surface area contributed by atoms with Gasteiger partial charge in [-0.2, -0.15) is 0 Å². The van der Waals surface area contributed by atoms with Gasteiger partial charge in [-0.1, -0.05) is 51.1 Å². The molecular formula is C18H30N2O. The molecule has 0 spiro atoms. The van der Waals surface area contributed by atoms with Gasteiger partial charge in [-0.3, -0.25) is 0 Å². The van der Waals surface area contributed by atoms with Gasteiger partial charge in [0.25, 0.3) is 0 Å². The molecule has 1 aliphatic heterocycles. The number of aliphatic hydroxyl groups excluding tert-OH is 1. The Bertz CT molecular complexity index is 410. The summed E-state index contributed by atoms with van der Waals surface area (Å²) in [4.78, 5) is 2.50. The zero-order valence-electron chi connectivity index (χ0n) is 13.7. The lowest BCUT2D eigenvalue weighted by atomic mass is 9.79. The fraction of sp³-hybridized carbons (Fsp3) is 0.667. The molecule has 1 atom stereocenters. The molecule has 1 aromatic rings. The number of hydrogen-bond acceptors (Lipinski definition) is 3. The summed E-state index contributed by atoms with van der Waals surface area (Å²) in [5, 5.41) is 13.3. The smallest absolute Gasteiger partial charge is 0.0564 e. The van der Waals surface area contributed by atoms with Crippen LogP contribution < -0.4 is 5.32 Å². The molecule has 118 valence electrons. The summed E-state index contributed by atoms with van der Waals surface area (Å²) < 4.78 is 0.